The minimum absolute atomic E-state index is 0.000469. The monoisotopic (exact) mass is 495 g/mol. The third-order valence-electron chi connectivity index (χ3n) is 6.22. The van der Waals surface area contributed by atoms with Crippen LogP contribution in [-0.4, -0.2) is 70.0 Å². The fraction of sp³-hybridized carbons (Fsp3) is 0.360. The molecule has 1 N–H and O–H groups in total. The van der Waals surface area contributed by atoms with Gasteiger partial charge < -0.3 is 14.6 Å². The molecule has 3 aromatic rings. The molecule has 1 saturated heterocycles. The minimum atomic E-state index is -0.307. The number of halogens is 1. The Morgan fingerprint density at radius 2 is 1.86 bits per heavy atom. The molecule has 1 aromatic heterocycles. The molecule has 1 amide bonds. The summed E-state index contributed by atoms with van der Waals surface area (Å²) in [5, 5.41) is 12.2. The Labute approximate surface area is 206 Å². The lowest BCUT2D eigenvalue weighted by atomic mass is 9.99. The van der Waals surface area contributed by atoms with E-state index in [9.17, 15) is 14.0 Å². The van der Waals surface area contributed by atoms with E-state index in [-0.39, 0.29) is 23.3 Å². The summed E-state index contributed by atoms with van der Waals surface area (Å²) in [4.78, 5) is 26.9. The maximum Gasteiger partial charge on any atom is 0.224 e. The number of rotatable bonds is 8. The number of benzene rings is 2. The van der Waals surface area contributed by atoms with Crippen molar-refractivity contribution in [2.75, 3.05) is 43.9 Å². The minimum Gasteiger partial charge on any atom is -0.379 e. The molecule has 3 heterocycles. The molecule has 0 atom stereocenters. The van der Waals surface area contributed by atoms with Gasteiger partial charge in [0.1, 0.15) is 5.82 Å². The first kappa shape index (κ1) is 23.7. The molecule has 8 nitrogen and oxygen atoms in total. The second-order valence-electron chi connectivity index (χ2n) is 8.55. The number of thioether (sulfide) groups is 1. The van der Waals surface area contributed by atoms with E-state index in [1.54, 1.807) is 24.3 Å². The summed E-state index contributed by atoms with van der Waals surface area (Å²) < 4.78 is 20.9. The number of aromatic nitrogens is 3. The Balaban J connectivity index is 1.32. The van der Waals surface area contributed by atoms with Crippen molar-refractivity contribution in [2.24, 2.45) is 0 Å². The maximum atomic E-state index is 13.5. The predicted octanol–water partition coefficient (Wildman–Crippen LogP) is 3.28. The van der Waals surface area contributed by atoms with Gasteiger partial charge >= 0.3 is 0 Å². The fourth-order valence-electron chi connectivity index (χ4n) is 4.25. The molecule has 5 rings (SSSR count). The average molecular weight is 496 g/mol. The number of nitrogens with one attached hydrogen (secondary N) is 1. The molecule has 0 saturated carbocycles. The molecule has 2 aliphatic rings. The molecule has 0 aliphatic carbocycles. The highest BCUT2D eigenvalue weighted by molar-refractivity contribution is 7.99. The Hall–Kier alpha value is -3.08. The van der Waals surface area contributed by atoms with Crippen molar-refractivity contribution >= 4 is 29.1 Å². The average Bonchev–Trinajstić information content (AvgIpc) is 3.29. The number of fused-ring (bicyclic) bond motifs is 1. The third kappa shape index (κ3) is 5.61. The second-order valence-corrected chi connectivity index (χ2v) is 9.49. The smallest absolute Gasteiger partial charge is 0.224 e. The van der Waals surface area contributed by atoms with Crippen molar-refractivity contribution < 1.29 is 18.7 Å². The maximum absolute atomic E-state index is 13.5. The summed E-state index contributed by atoms with van der Waals surface area (Å²) in [6.45, 7) is 4.62. The molecule has 0 bridgehead atoms. The molecule has 10 heteroatoms. The van der Waals surface area contributed by atoms with Crippen LogP contribution in [-0.2, 0) is 22.5 Å². The topological polar surface area (TPSA) is 89.3 Å². The number of ether oxygens (including phenoxy) is 1. The molecule has 0 radical (unpaired) electrons. The lowest BCUT2D eigenvalue weighted by Gasteiger charge is -2.27. The van der Waals surface area contributed by atoms with E-state index in [1.807, 2.05) is 10.6 Å². The second kappa shape index (κ2) is 10.7. The predicted molar refractivity (Wildman–Crippen MR) is 131 cm³/mol. The van der Waals surface area contributed by atoms with Crippen LogP contribution < -0.4 is 5.32 Å². The van der Waals surface area contributed by atoms with Gasteiger partial charge in [0.25, 0.3) is 0 Å². The van der Waals surface area contributed by atoms with Gasteiger partial charge in [-0.15, -0.1) is 10.2 Å². The van der Waals surface area contributed by atoms with Crippen LogP contribution in [0.25, 0.3) is 11.4 Å². The van der Waals surface area contributed by atoms with Gasteiger partial charge in [-0.25, -0.2) is 4.39 Å². The van der Waals surface area contributed by atoms with E-state index in [1.165, 1.54) is 23.9 Å². The Morgan fingerprint density at radius 1 is 1.06 bits per heavy atom. The summed E-state index contributed by atoms with van der Waals surface area (Å²) >= 11 is 1.35. The molecule has 35 heavy (non-hydrogen) atoms. The molecular formula is C25H26FN5O3S. The zero-order chi connectivity index (χ0) is 24.2. The van der Waals surface area contributed by atoms with E-state index in [0.717, 1.165) is 36.4 Å². The van der Waals surface area contributed by atoms with Crippen molar-refractivity contribution in [1.29, 1.82) is 0 Å². The molecule has 2 aromatic carbocycles. The van der Waals surface area contributed by atoms with Crippen molar-refractivity contribution in [3.8, 4) is 11.4 Å². The lowest BCUT2D eigenvalue weighted by molar-refractivity contribution is -0.116. The Bertz CT molecular complexity index is 1220. The first-order valence-electron chi connectivity index (χ1n) is 11.6. The zero-order valence-corrected chi connectivity index (χ0v) is 20.0. The van der Waals surface area contributed by atoms with Crippen molar-refractivity contribution in [3.63, 3.8) is 0 Å². The Morgan fingerprint density at radius 3 is 2.66 bits per heavy atom. The number of carbonyl (C=O) groups excluding carboxylic acids is 2. The highest BCUT2D eigenvalue weighted by atomic mass is 32.2. The van der Waals surface area contributed by atoms with Gasteiger partial charge in [-0.05, 0) is 54.4 Å². The van der Waals surface area contributed by atoms with Crippen molar-refractivity contribution in [2.45, 2.75) is 24.5 Å². The number of Topliss-reactive ketones (excluding diaryl/α,β-unsaturated/α-hetero) is 1. The van der Waals surface area contributed by atoms with E-state index < -0.39 is 0 Å². The van der Waals surface area contributed by atoms with E-state index in [2.05, 4.69) is 20.4 Å². The van der Waals surface area contributed by atoms with Crippen LogP contribution in [0.3, 0.4) is 0 Å². The van der Waals surface area contributed by atoms with Gasteiger partial charge in [0.15, 0.2) is 16.8 Å². The standard InChI is InChI=1S/C25H26FN5O3S/c26-20-5-1-17(2-6-20)24-28-29-25(31(24)10-9-30-11-13-34-14-12-30)35-16-22(32)19-3-7-21-18(15-19)4-8-23(33)27-21/h1-3,5-7,15H,4,8-14,16H2,(H,27,33). The van der Waals surface area contributed by atoms with E-state index >= 15 is 0 Å². The molecule has 0 unspecified atom stereocenters. The number of carbonyl (C=O) groups is 2. The normalized spacial score (nSPS) is 16.1. The highest BCUT2D eigenvalue weighted by Crippen LogP contribution is 2.27. The third-order valence-corrected chi connectivity index (χ3v) is 7.18. The number of anilines is 1. The summed E-state index contributed by atoms with van der Waals surface area (Å²) in [5.41, 5.74) is 3.14. The quantitative estimate of drug-likeness (QED) is 0.379. The van der Waals surface area contributed by atoms with Crippen LogP contribution in [0.5, 0.6) is 0 Å². The number of morpholine rings is 1. The van der Waals surface area contributed by atoms with Gasteiger partial charge in [-0.1, -0.05) is 11.8 Å². The van der Waals surface area contributed by atoms with Crippen LogP contribution in [0.1, 0.15) is 22.3 Å². The number of ketones is 1. The first-order valence-corrected chi connectivity index (χ1v) is 12.6. The molecular weight excluding hydrogens is 469 g/mol. The molecule has 0 spiro atoms. The molecule has 1 fully saturated rings. The van der Waals surface area contributed by atoms with Gasteiger partial charge in [0.05, 0.1) is 19.0 Å². The molecule has 2 aliphatic heterocycles. The number of hydrogen-bond donors (Lipinski definition) is 1. The van der Waals surface area contributed by atoms with Gasteiger partial charge in [-0.3, -0.25) is 14.5 Å². The number of aryl methyl sites for hydroxylation is 1. The highest BCUT2D eigenvalue weighted by Gasteiger charge is 2.20. The molecule has 182 valence electrons. The lowest BCUT2D eigenvalue weighted by Crippen LogP contribution is -2.38. The SMILES string of the molecule is O=C1CCc2cc(C(=O)CSc3nnc(-c4ccc(F)cc4)n3CCN3CCOCC3)ccc2N1. The van der Waals surface area contributed by atoms with Crippen LogP contribution >= 0.6 is 11.8 Å². The summed E-state index contributed by atoms with van der Waals surface area (Å²) in [6.07, 6.45) is 1.06. The van der Waals surface area contributed by atoms with Crippen molar-refractivity contribution in [3.05, 3.63) is 59.4 Å². The van der Waals surface area contributed by atoms with Crippen LogP contribution in [0.4, 0.5) is 10.1 Å². The summed E-state index contributed by atoms with van der Waals surface area (Å²) in [5.74, 6) is 0.543. The Kier molecular flexibility index (Phi) is 7.21. The van der Waals surface area contributed by atoms with Crippen LogP contribution in [0, 0.1) is 5.82 Å². The van der Waals surface area contributed by atoms with Gasteiger partial charge in [-0.2, -0.15) is 0 Å². The van der Waals surface area contributed by atoms with E-state index in [0.29, 0.717) is 49.1 Å². The largest absolute Gasteiger partial charge is 0.379 e. The van der Waals surface area contributed by atoms with Gasteiger partial charge in [0, 0.05) is 49.4 Å². The first-order chi connectivity index (χ1) is 17.1. The number of nitrogens with zero attached hydrogens (tertiary/aromatic N) is 4. The van der Waals surface area contributed by atoms with Crippen LogP contribution in [0.15, 0.2) is 47.6 Å². The summed E-state index contributed by atoms with van der Waals surface area (Å²) in [7, 11) is 0. The zero-order valence-electron chi connectivity index (χ0n) is 19.2. The van der Waals surface area contributed by atoms with Crippen LogP contribution in [0.2, 0.25) is 0 Å². The number of amides is 1. The number of hydrogen-bond acceptors (Lipinski definition) is 7. The van der Waals surface area contributed by atoms with Gasteiger partial charge in [0.2, 0.25) is 5.91 Å². The fourth-order valence-corrected chi connectivity index (χ4v) is 5.11. The summed E-state index contributed by atoms with van der Waals surface area (Å²) in [6, 6.07) is 11.6. The van der Waals surface area contributed by atoms with Crippen molar-refractivity contribution in [1.82, 2.24) is 19.7 Å². The van der Waals surface area contributed by atoms with E-state index in [4.69, 9.17) is 4.74 Å².